The maximum absolute atomic E-state index is 10.5. The fourth-order valence-electron chi connectivity index (χ4n) is 1.58. The van der Waals surface area contributed by atoms with Gasteiger partial charge in [0.15, 0.2) is 0 Å². The molecular weight excluding hydrogens is 148 g/mol. The van der Waals surface area contributed by atoms with Crippen molar-refractivity contribution >= 4 is 6.29 Å². The second-order valence-electron chi connectivity index (χ2n) is 4.23. The lowest BCUT2D eigenvalue weighted by Crippen LogP contribution is -2.23. The molecule has 0 spiro atoms. The molecule has 0 amide bonds. The number of hydrogen-bond donors (Lipinski definition) is 0. The number of aldehydes is 1. The van der Waals surface area contributed by atoms with Crippen molar-refractivity contribution in [2.45, 2.75) is 53.4 Å². The minimum Gasteiger partial charge on any atom is -0.303 e. The van der Waals surface area contributed by atoms with Gasteiger partial charge in [-0.2, -0.15) is 0 Å². The van der Waals surface area contributed by atoms with Gasteiger partial charge in [0.2, 0.25) is 0 Å². The molecule has 0 aromatic rings. The molecule has 0 fully saturated rings. The number of hydrogen-bond acceptors (Lipinski definition) is 1. The van der Waals surface area contributed by atoms with Crippen molar-refractivity contribution in [2.75, 3.05) is 0 Å². The Bertz CT molecular complexity index is 127. The molecule has 0 saturated carbocycles. The Hall–Kier alpha value is -0.330. The van der Waals surface area contributed by atoms with E-state index in [2.05, 4.69) is 27.7 Å². The maximum atomic E-state index is 10.5. The summed E-state index contributed by atoms with van der Waals surface area (Å²) in [6, 6.07) is 0. The van der Waals surface area contributed by atoms with E-state index in [1.807, 2.05) is 0 Å². The topological polar surface area (TPSA) is 17.1 Å². The molecule has 0 N–H and O–H groups in total. The smallest absolute Gasteiger partial charge is 0.120 e. The van der Waals surface area contributed by atoms with Crippen LogP contribution in [0.15, 0.2) is 0 Å². The molecule has 0 aromatic carbocycles. The lowest BCUT2D eigenvalue weighted by Gasteiger charge is -2.32. The lowest BCUT2D eigenvalue weighted by atomic mass is 9.73. The van der Waals surface area contributed by atoms with Crippen molar-refractivity contribution in [3.05, 3.63) is 0 Å². The molecule has 0 aliphatic rings. The van der Waals surface area contributed by atoms with Crippen molar-refractivity contribution < 1.29 is 4.79 Å². The van der Waals surface area contributed by atoms with Gasteiger partial charge in [0.1, 0.15) is 6.29 Å². The fourth-order valence-corrected chi connectivity index (χ4v) is 1.58. The third-order valence-corrected chi connectivity index (χ3v) is 3.03. The van der Waals surface area contributed by atoms with Gasteiger partial charge in [0.25, 0.3) is 0 Å². The highest BCUT2D eigenvalue weighted by atomic mass is 16.1. The van der Waals surface area contributed by atoms with Crippen LogP contribution < -0.4 is 0 Å². The third kappa shape index (κ3) is 3.38. The van der Waals surface area contributed by atoms with Crippen molar-refractivity contribution in [3.63, 3.8) is 0 Å². The first-order valence-electron chi connectivity index (χ1n) is 5.02. The summed E-state index contributed by atoms with van der Waals surface area (Å²) in [5.74, 6) is 0.574. The van der Waals surface area contributed by atoms with E-state index in [1.165, 1.54) is 12.8 Å². The van der Waals surface area contributed by atoms with E-state index >= 15 is 0 Å². The molecule has 0 aliphatic carbocycles. The van der Waals surface area contributed by atoms with Crippen LogP contribution in [0, 0.1) is 11.3 Å². The summed E-state index contributed by atoms with van der Waals surface area (Å²) in [6.07, 6.45) is 5.32. The van der Waals surface area contributed by atoms with E-state index in [-0.39, 0.29) is 0 Å². The first-order valence-corrected chi connectivity index (χ1v) is 5.02. The summed E-state index contributed by atoms with van der Waals surface area (Å²) in [5, 5.41) is 0. The molecule has 1 atom stereocenters. The van der Waals surface area contributed by atoms with Crippen LogP contribution in [0.2, 0.25) is 0 Å². The largest absolute Gasteiger partial charge is 0.303 e. The average molecular weight is 170 g/mol. The van der Waals surface area contributed by atoms with E-state index in [9.17, 15) is 4.79 Å². The molecule has 0 bridgehead atoms. The van der Waals surface area contributed by atoms with Gasteiger partial charge < -0.3 is 4.79 Å². The second-order valence-corrected chi connectivity index (χ2v) is 4.23. The Morgan fingerprint density at radius 2 is 1.92 bits per heavy atom. The van der Waals surface area contributed by atoms with E-state index in [0.29, 0.717) is 11.3 Å². The molecule has 12 heavy (non-hydrogen) atoms. The summed E-state index contributed by atoms with van der Waals surface area (Å²) < 4.78 is 0. The third-order valence-electron chi connectivity index (χ3n) is 3.03. The van der Waals surface area contributed by atoms with E-state index in [4.69, 9.17) is 0 Å². The van der Waals surface area contributed by atoms with E-state index < -0.39 is 0 Å². The van der Waals surface area contributed by atoms with Gasteiger partial charge in [0.05, 0.1) is 0 Å². The van der Waals surface area contributed by atoms with Crippen LogP contribution >= 0.6 is 0 Å². The van der Waals surface area contributed by atoms with E-state index in [1.54, 1.807) is 0 Å². The van der Waals surface area contributed by atoms with Crippen LogP contribution in [0.1, 0.15) is 53.4 Å². The highest BCUT2D eigenvalue weighted by Crippen LogP contribution is 2.35. The zero-order valence-electron chi connectivity index (χ0n) is 8.89. The maximum Gasteiger partial charge on any atom is 0.120 e. The Morgan fingerprint density at radius 3 is 2.25 bits per heavy atom. The van der Waals surface area contributed by atoms with Gasteiger partial charge in [-0.3, -0.25) is 0 Å². The van der Waals surface area contributed by atoms with Gasteiger partial charge in [-0.1, -0.05) is 40.5 Å². The lowest BCUT2D eigenvalue weighted by molar-refractivity contribution is -0.109. The Balaban J connectivity index is 4.15. The van der Waals surface area contributed by atoms with Gasteiger partial charge in [0, 0.05) is 6.42 Å². The van der Waals surface area contributed by atoms with Crippen LogP contribution in [0.5, 0.6) is 0 Å². The standard InChI is InChI=1S/C11H22O/c1-5-7-10(8-9-12)11(3,4)6-2/h9-10H,5-8H2,1-4H3. The monoisotopic (exact) mass is 170 g/mol. The number of carbonyl (C=O) groups is 1. The predicted octanol–water partition coefficient (Wildman–Crippen LogP) is 3.43. The van der Waals surface area contributed by atoms with Gasteiger partial charge in [-0.05, 0) is 17.8 Å². The Kier molecular flexibility index (Phi) is 5.19. The molecule has 0 rings (SSSR count). The molecule has 0 saturated heterocycles. The quantitative estimate of drug-likeness (QED) is 0.558. The highest BCUT2D eigenvalue weighted by molar-refractivity contribution is 5.49. The Morgan fingerprint density at radius 1 is 1.33 bits per heavy atom. The molecular formula is C11H22O. The molecule has 1 heteroatoms. The molecule has 0 aromatic heterocycles. The van der Waals surface area contributed by atoms with Crippen LogP contribution in [-0.2, 0) is 4.79 Å². The van der Waals surface area contributed by atoms with Gasteiger partial charge in [-0.25, -0.2) is 0 Å². The van der Waals surface area contributed by atoms with Crippen molar-refractivity contribution in [3.8, 4) is 0 Å². The Labute approximate surface area is 76.6 Å². The first-order chi connectivity index (χ1) is 5.58. The van der Waals surface area contributed by atoms with Gasteiger partial charge >= 0.3 is 0 Å². The second kappa shape index (κ2) is 5.34. The molecule has 1 nitrogen and oxygen atoms in total. The first kappa shape index (κ1) is 11.7. The molecule has 0 aliphatic heterocycles. The summed E-state index contributed by atoms with van der Waals surface area (Å²) in [7, 11) is 0. The summed E-state index contributed by atoms with van der Waals surface area (Å²) in [4.78, 5) is 10.5. The zero-order chi connectivity index (χ0) is 9.61. The van der Waals surface area contributed by atoms with Crippen LogP contribution in [0.25, 0.3) is 0 Å². The van der Waals surface area contributed by atoms with Crippen LogP contribution in [0.3, 0.4) is 0 Å². The van der Waals surface area contributed by atoms with Crippen molar-refractivity contribution in [1.29, 1.82) is 0 Å². The van der Waals surface area contributed by atoms with Crippen LogP contribution in [0.4, 0.5) is 0 Å². The molecule has 0 radical (unpaired) electrons. The van der Waals surface area contributed by atoms with Crippen molar-refractivity contribution in [1.82, 2.24) is 0 Å². The van der Waals surface area contributed by atoms with E-state index in [0.717, 1.165) is 19.1 Å². The summed E-state index contributed by atoms with van der Waals surface area (Å²) in [6.45, 7) is 8.91. The SMILES string of the molecule is CCCC(CC=O)C(C)(C)CC. The zero-order valence-corrected chi connectivity index (χ0v) is 8.89. The molecule has 0 heterocycles. The summed E-state index contributed by atoms with van der Waals surface area (Å²) >= 11 is 0. The fraction of sp³-hybridized carbons (Fsp3) is 0.909. The highest BCUT2D eigenvalue weighted by Gasteiger charge is 2.26. The molecule has 1 unspecified atom stereocenters. The normalized spacial score (nSPS) is 14.3. The minimum absolute atomic E-state index is 0.330. The van der Waals surface area contributed by atoms with Crippen molar-refractivity contribution in [2.24, 2.45) is 11.3 Å². The van der Waals surface area contributed by atoms with Gasteiger partial charge in [-0.15, -0.1) is 0 Å². The number of rotatable bonds is 6. The predicted molar refractivity (Wildman–Crippen MR) is 53.2 cm³/mol. The average Bonchev–Trinajstić information content (AvgIpc) is 2.04. The molecule has 72 valence electrons. The van der Waals surface area contributed by atoms with Crippen LogP contribution in [-0.4, -0.2) is 6.29 Å². The number of carbonyl (C=O) groups excluding carboxylic acids is 1. The minimum atomic E-state index is 0.330. The summed E-state index contributed by atoms with van der Waals surface area (Å²) in [5.41, 5.74) is 0.330.